The Morgan fingerprint density at radius 2 is 1.73 bits per heavy atom. The molecule has 1 aliphatic rings. The highest BCUT2D eigenvalue weighted by molar-refractivity contribution is 6.02. The first kappa shape index (κ1) is 26.0. The van der Waals surface area contributed by atoms with Crippen LogP contribution in [-0.4, -0.2) is 29.4 Å². The molecule has 4 rings (SSSR count). The molecule has 3 aromatic rings. The molecule has 1 aliphatic heterocycles. The summed E-state index contributed by atoms with van der Waals surface area (Å²) in [6.45, 7) is 3.52. The second kappa shape index (κ2) is 10.1. The lowest BCUT2D eigenvalue weighted by Gasteiger charge is -2.17. The maximum atomic E-state index is 14.1. The maximum Gasteiger partial charge on any atom is 0.389 e. The normalized spacial score (nSPS) is 16.6. The molecule has 2 amide bonds. The molecule has 0 saturated carbocycles. The number of ether oxygens (including phenoxy) is 1. The van der Waals surface area contributed by atoms with Crippen LogP contribution in [0.2, 0.25) is 0 Å². The highest BCUT2D eigenvalue weighted by Gasteiger charge is 2.37. The van der Waals surface area contributed by atoms with Crippen LogP contribution in [0.25, 0.3) is 11.1 Å². The molecule has 2 atom stereocenters. The summed E-state index contributed by atoms with van der Waals surface area (Å²) in [4.78, 5) is 24.6. The van der Waals surface area contributed by atoms with Crippen LogP contribution in [0.3, 0.4) is 0 Å². The van der Waals surface area contributed by atoms with Gasteiger partial charge in [-0.15, -0.1) is 0 Å². The first-order valence-corrected chi connectivity index (χ1v) is 11.5. The minimum Gasteiger partial charge on any atom is -0.488 e. The average molecular weight is 516 g/mol. The van der Waals surface area contributed by atoms with Crippen molar-refractivity contribution >= 4 is 23.4 Å². The van der Waals surface area contributed by atoms with Gasteiger partial charge in [0, 0.05) is 23.6 Å². The number of benzene rings is 3. The summed E-state index contributed by atoms with van der Waals surface area (Å²) in [6.07, 6.45) is -6.34. The second-order valence-corrected chi connectivity index (χ2v) is 8.97. The zero-order chi connectivity index (χ0) is 26.9. The van der Waals surface area contributed by atoms with Gasteiger partial charge >= 0.3 is 18.2 Å². The van der Waals surface area contributed by atoms with E-state index in [0.29, 0.717) is 11.3 Å². The van der Waals surface area contributed by atoms with Crippen LogP contribution in [0.1, 0.15) is 47.2 Å². The van der Waals surface area contributed by atoms with E-state index in [0.717, 1.165) is 23.8 Å². The largest absolute Gasteiger partial charge is 0.488 e. The number of alkyl halides is 3. The predicted molar refractivity (Wildman–Crippen MR) is 131 cm³/mol. The molecule has 1 heterocycles. The number of halogens is 4. The number of rotatable bonds is 6. The molecular weight excluding hydrogens is 492 g/mol. The number of fused-ring (bicyclic) bond motifs is 1. The second-order valence-electron chi connectivity index (χ2n) is 8.97. The van der Waals surface area contributed by atoms with Crippen molar-refractivity contribution in [2.24, 2.45) is 0 Å². The van der Waals surface area contributed by atoms with Gasteiger partial charge in [-0.3, -0.25) is 0 Å². The SMILES string of the molecule is Cc1ccc(NC(=O)Nc2cc(-c3cc(F)ccc3C(=O)O)cc3c2OC(C)C3CCC(F)(F)F)cc1. The number of carboxylic acid groups (broad SMARTS) is 1. The smallest absolute Gasteiger partial charge is 0.389 e. The minimum atomic E-state index is -4.38. The first-order chi connectivity index (χ1) is 17.4. The molecule has 0 fully saturated rings. The molecule has 10 heteroatoms. The van der Waals surface area contributed by atoms with Crippen molar-refractivity contribution in [2.75, 3.05) is 10.6 Å². The Morgan fingerprint density at radius 1 is 1.03 bits per heavy atom. The highest BCUT2D eigenvalue weighted by atomic mass is 19.4. The van der Waals surface area contributed by atoms with Gasteiger partial charge in [-0.1, -0.05) is 17.7 Å². The number of aromatic carboxylic acids is 1. The third-order valence-corrected chi connectivity index (χ3v) is 6.21. The van der Waals surface area contributed by atoms with E-state index >= 15 is 0 Å². The van der Waals surface area contributed by atoms with Gasteiger partial charge in [0.25, 0.3) is 0 Å². The molecule has 0 bridgehead atoms. The molecule has 0 saturated heterocycles. The Hall–Kier alpha value is -4.08. The number of carboxylic acids is 1. The Morgan fingerprint density at radius 3 is 2.38 bits per heavy atom. The van der Waals surface area contributed by atoms with Crippen LogP contribution < -0.4 is 15.4 Å². The lowest BCUT2D eigenvalue weighted by atomic mass is 9.88. The van der Waals surface area contributed by atoms with Crippen LogP contribution in [0.4, 0.5) is 33.7 Å². The van der Waals surface area contributed by atoms with Gasteiger partial charge in [-0.05, 0) is 73.9 Å². The Kier molecular flexibility index (Phi) is 7.11. The fraction of sp³-hybridized carbons (Fsp3) is 0.259. The van der Waals surface area contributed by atoms with Crippen LogP contribution in [-0.2, 0) is 0 Å². The van der Waals surface area contributed by atoms with Crippen molar-refractivity contribution in [3.8, 4) is 16.9 Å². The maximum absolute atomic E-state index is 14.1. The summed E-state index contributed by atoms with van der Waals surface area (Å²) in [5.41, 5.74) is 2.04. The van der Waals surface area contributed by atoms with Crippen LogP contribution in [0.5, 0.6) is 5.75 Å². The summed E-state index contributed by atoms with van der Waals surface area (Å²) in [5, 5.41) is 14.9. The first-order valence-electron chi connectivity index (χ1n) is 11.5. The van der Waals surface area contributed by atoms with E-state index in [1.54, 1.807) is 31.2 Å². The molecule has 37 heavy (non-hydrogen) atoms. The van der Waals surface area contributed by atoms with Gasteiger partial charge < -0.3 is 20.5 Å². The van der Waals surface area contributed by atoms with Crippen molar-refractivity contribution in [1.82, 2.24) is 0 Å². The topological polar surface area (TPSA) is 87.7 Å². The average Bonchev–Trinajstić information content (AvgIpc) is 3.13. The number of carbonyl (C=O) groups excluding carboxylic acids is 1. The highest BCUT2D eigenvalue weighted by Crippen LogP contribution is 2.48. The zero-order valence-electron chi connectivity index (χ0n) is 19.9. The molecule has 0 spiro atoms. The van der Waals surface area contributed by atoms with Gasteiger partial charge in [0.15, 0.2) is 0 Å². The number of aryl methyl sites for hydroxylation is 1. The number of hydrogen-bond donors (Lipinski definition) is 3. The lowest BCUT2D eigenvalue weighted by molar-refractivity contribution is -0.136. The van der Waals surface area contributed by atoms with Gasteiger partial charge in [0.05, 0.1) is 11.3 Å². The molecule has 2 unspecified atom stereocenters. The van der Waals surface area contributed by atoms with E-state index in [1.165, 1.54) is 12.1 Å². The van der Waals surface area contributed by atoms with E-state index in [-0.39, 0.29) is 34.5 Å². The fourth-order valence-electron chi connectivity index (χ4n) is 4.40. The Labute approximate surface area is 210 Å². The summed E-state index contributed by atoms with van der Waals surface area (Å²) in [6, 6.07) is 12.5. The van der Waals surface area contributed by atoms with Crippen LogP contribution >= 0.6 is 0 Å². The van der Waals surface area contributed by atoms with Gasteiger partial charge in [-0.25, -0.2) is 14.0 Å². The number of amides is 2. The van der Waals surface area contributed by atoms with Crippen LogP contribution in [0, 0.1) is 12.7 Å². The molecule has 194 valence electrons. The number of urea groups is 1. The molecule has 0 radical (unpaired) electrons. The molecule has 3 aromatic carbocycles. The molecule has 3 N–H and O–H groups in total. The lowest BCUT2D eigenvalue weighted by Crippen LogP contribution is -2.20. The number of hydrogen-bond acceptors (Lipinski definition) is 3. The van der Waals surface area contributed by atoms with Gasteiger partial charge in [-0.2, -0.15) is 13.2 Å². The van der Waals surface area contributed by atoms with Gasteiger partial charge in [0.2, 0.25) is 0 Å². The summed E-state index contributed by atoms with van der Waals surface area (Å²) < 4.78 is 59.0. The van der Waals surface area contributed by atoms with E-state index in [2.05, 4.69) is 10.6 Å². The van der Waals surface area contributed by atoms with Crippen molar-refractivity contribution in [1.29, 1.82) is 0 Å². The Balaban J connectivity index is 1.77. The quantitative estimate of drug-likeness (QED) is 0.299. The van der Waals surface area contributed by atoms with E-state index in [4.69, 9.17) is 4.74 Å². The molecular formula is C27H24F4N2O4. The third kappa shape index (κ3) is 6.02. The number of nitrogens with one attached hydrogen (secondary N) is 2. The van der Waals surface area contributed by atoms with Crippen molar-refractivity contribution in [3.63, 3.8) is 0 Å². The van der Waals surface area contributed by atoms with E-state index in [9.17, 15) is 32.3 Å². The standard InChI is InChI=1S/C27H24F4N2O4/c1-14-3-6-18(7-4-14)32-26(36)33-23-12-16(21-13-17(28)5-8-20(21)25(34)35)11-22-19(9-10-27(29,30)31)15(2)37-24(22)23/h3-8,11-13,15,19H,9-10H2,1-2H3,(H,34,35)(H2,32,33,36). The van der Waals surface area contributed by atoms with E-state index < -0.39 is 42.4 Å². The molecule has 0 aliphatic carbocycles. The van der Waals surface area contributed by atoms with Crippen molar-refractivity contribution in [3.05, 3.63) is 77.1 Å². The van der Waals surface area contributed by atoms with E-state index in [1.807, 2.05) is 6.92 Å². The Bertz CT molecular complexity index is 1340. The third-order valence-electron chi connectivity index (χ3n) is 6.21. The van der Waals surface area contributed by atoms with Crippen molar-refractivity contribution in [2.45, 2.75) is 44.9 Å². The summed E-state index contributed by atoms with van der Waals surface area (Å²) in [7, 11) is 0. The van der Waals surface area contributed by atoms with Crippen LogP contribution in [0.15, 0.2) is 54.6 Å². The monoisotopic (exact) mass is 516 g/mol. The zero-order valence-corrected chi connectivity index (χ0v) is 19.9. The van der Waals surface area contributed by atoms with Gasteiger partial charge in [0.1, 0.15) is 17.7 Å². The number of carbonyl (C=O) groups is 2. The fourth-order valence-corrected chi connectivity index (χ4v) is 4.40. The molecule has 6 nitrogen and oxygen atoms in total. The minimum absolute atomic E-state index is 0.0198. The summed E-state index contributed by atoms with van der Waals surface area (Å²) >= 11 is 0. The van der Waals surface area contributed by atoms with Crippen molar-refractivity contribution < 1.29 is 37.0 Å². The summed E-state index contributed by atoms with van der Waals surface area (Å²) in [5.74, 6) is -2.49. The number of anilines is 2. The molecule has 0 aromatic heterocycles. The predicted octanol–water partition coefficient (Wildman–Crippen LogP) is 7.35.